The van der Waals surface area contributed by atoms with Crippen LogP contribution in [0.4, 0.5) is 30.2 Å². The molecule has 0 aliphatic carbocycles. The van der Waals surface area contributed by atoms with Crippen LogP contribution >= 0.6 is 11.6 Å². The molecule has 2 amide bonds. The Morgan fingerprint density at radius 3 is 2.17 bits per heavy atom. The van der Waals surface area contributed by atoms with Crippen LogP contribution in [0.1, 0.15) is 12.5 Å². The van der Waals surface area contributed by atoms with Crippen LogP contribution in [0, 0.1) is 11.3 Å². The molecule has 2 aromatic carbocycles. The highest BCUT2D eigenvalue weighted by molar-refractivity contribution is 6.31. The van der Waals surface area contributed by atoms with Crippen molar-refractivity contribution in [2.24, 2.45) is 0 Å². The number of rotatable bonds is 5. The van der Waals surface area contributed by atoms with Crippen LogP contribution in [0.3, 0.4) is 0 Å². The number of benzene rings is 2. The molecule has 2 rings (SSSR count). The molecule has 0 radical (unpaired) electrons. The van der Waals surface area contributed by atoms with E-state index < -0.39 is 22.7 Å². The molecule has 0 atom stereocenters. The number of alkyl halides is 3. The summed E-state index contributed by atoms with van der Waals surface area (Å²) in [5, 5.41) is 16.2. The molecule has 0 aliphatic rings. The highest BCUT2D eigenvalue weighted by Crippen LogP contribution is 2.36. The van der Waals surface area contributed by atoms with E-state index in [-0.39, 0.29) is 17.2 Å². The molecule has 10 heteroatoms. The lowest BCUT2D eigenvalue weighted by atomic mass is 10.2. The van der Waals surface area contributed by atoms with Crippen LogP contribution in [-0.2, 0) is 15.8 Å². The molecule has 0 saturated heterocycles. The zero-order valence-corrected chi connectivity index (χ0v) is 15.7. The van der Waals surface area contributed by atoms with Crippen molar-refractivity contribution in [2.75, 3.05) is 16.0 Å². The fourth-order valence-electron chi connectivity index (χ4n) is 2.18. The number of nitrogens with one attached hydrogen (secondary N) is 3. The number of hydrogen-bond donors (Lipinski definition) is 3. The third kappa shape index (κ3) is 6.26. The average Bonchev–Trinajstić information content (AvgIpc) is 2.63. The summed E-state index contributed by atoms with van der Waals surface area (Å²) in [5.74, 6) is -1.13. The van der Waals surface area contributed by atoms with Crippen molar-refractivity contribution in [1.82, 2.24) is 0 Å². The third-order valence-electron chi connectivity index (χ3n) is 3.48. The van der Waals surface area contributed by atoms with Gasteiger partial charge in [0.05, 0.1) is 10.6 Å². The van der Waals surface area contributed by atoms with Gasteiger partial charge in [0.25, 0.3) is 5.91 Å². The minimum Gasteiger partial charge on any atom is -0.360 e. The first-order valence-corrected chi connectivity index (χ1v) is 8.40. The SMILES string of the molecule is CC(=O)Nc1ccc(N/C=C(/C#N)C(=O)Nc2ccc(Cl)c(C(F)(F)F)c2)cc1. The van der Waals surface area contributed by atoms with E-state index >= 15 is 0 Å². The maximum Gasteiger partial charge on any atom is 0.417 e. The van der Waals surface area contributed by atoms with Gasteiger partial charge in [-0.05, 0) is 42.5 Å². The summed E-state index contributed by atoms with van der Waals surface area (Å²) in [4.78, 5) is 23.2. The lowest BCUT2D eigenvalue weighted by molar-refractivity contribution is -0.137. The first kappa shape index (κ1) is 21.8. The largest absolute Gasteiger partial charge is 0.417 e. The van der Waals surface area contributed by atoms with Gasteiger partial charge in [-0.25, -0.2) is 0 Å². The summed E-state index contributed by atoms with van der Waals surface area (Å²) in [6.07, 6.45) is -3.57. The van der Waals surface area contributed by atoms with Crippen LogP contribution in [0.2, 0.25) is 5.02 Å². The normalized spacial score (nSPS) is 11.4. The van der Waals surface area contributed by atoms with Crippen molar-refractivity contribution in [3.05, 3.63) is 64.8 Å². The summed E-state index contributed by atoms with van der Waals surface area (Å²) in [7, 11) is 0. The average molecular weight is 423 g/mol. The molecular formula is C19H14ClF3N4O2. The van der Waals surface area contributed by atoms with E-state index in [9.17, 15) is 22.8 Å². The highest BCUT2D eigenvalue weighted by atomic mass is 35.5. The summed E-state index contributed by atoms with van der Waals surface area (Å²) in [6.45, 7) is 1.37. The fourth-order valence-corrected chi connectivity index (χ4v) is 2.40. The lowest BCUT2D eigenvalue weighted by Gasteiger charge is -2.11. The fraction of sp³-hybridized carbons (Fsp3) is 0.105. The molecule has 6 nitrogen and oxygen atoms in total. The number of nitrogens with zero attached hydrogens (tertiary/aromatic N) is 1. The van der Waals surface area contributed by atoms with E-state index in [0.717, 1.165) is 12.3 Å². The van der Waals surface area contributed by atoms with E-state index in [1.54, 1.807) is 30.3 Å². The van der Waals surface area contributed by atoms with Crippen LogP contribution < -0.4 is 16.0 Å². The Balaban J connectivity index is 2.11. The minimum absolute atomic E-state index is 0.160. The van der Waals surface area contributed by atoms with Gasteiger partial charge in [0, 0.05) is 30.2 Å². The Kier molecular flexibility index (Phi) is 6.85. The molecule has 3 N–H and O–H groups in total. The van der Waals surface area contributed by atoms with Gasteiger partial charge in [0.2, 0.25) is 5.91 Å². The van der Waals surface area contributed by atoms with Crippen LogP contribution in [-0.4, -0.2) is 11.8 Å². The Morgan fingerprint density at radius 1 is 1.03 bits per heavy atom. The van der Waals surface area contributed by atoms with Gasteiger partial charge in [-0.15, -0.1) is 0 Å². The number of nitriles is 1. The summed E-state index contributed by atoms with van der Waals surface area (Å²) < 4.78 is 38.7. The first-order chi connectivity index (χ1) is 13.6. The molecule has 150 valence electrons. The minimum atomic E-state index is -4.68. The molecule has 0 unspecified atom stereocenters. The zero-order valence-electron chi connectivity index (χ0n) is 14.9. The number of carbonyl (C=O) groups is 2. The van der Waals surface area contributed by atoms with Crippen molar-refractivity contribution >= 4 is 40.5 Å². The molecule has 0 fully saturated rings. The van der Waals surface area contributed by atoms with Crippen LogP contribution in [0.15, 0.2) is 54.2 Å². The molecule has 0 aromatic heterocycles. The predicted octanol–water partition coefficient (Wildman–Crippen LogP) is 4.78. The second-order valence-corrected chi connectivity index (χ2v) is 6.13. The second-order valence-electron chi connectivity index (χ2n) is 5.72. The van der Waals surface area contributed by atoms with Gasteiger partial charge >= 0.3 is 6.18 Å². The smallest absolute Gasteiger partial charge is 0.360 e. The maximum atomic E-state index is 12.9. The molecule has 0 aliphatic heterocycles. The molecule has 2 aromatic rings. The van der Waals surface area contributed by atoms with E-state index in [2.05, 4.69) is 16.0 Å². The summed E-state index contributed by atoms with van der Waals surface area (Å²) >= 11 is 5.53. The number of amides is 2. The Hall–Kier alpha value is -3.51. The maximum absolute atomic E-state index is 12.9. The Morgan fingerprint density at radius 2 is 1.62 bits per heavy atom. The van der Waals surface area contributed by atoms with Gasteiger partial charge in [-0.1, -0.05) is 11.6 Å². The lowest BCUT2D eigenvalue weighted by Crippen LogP contribution is -2.15. The van der Waals surface area contributed by atoms with Gasteiger partial charge in [-0.3, -0.25) is 9.59 Å². The quantitative estimate of drug-likeness (QED) is 0.477. The number of anilines is 3. The summed E-state index contributed by atoms with van der Waals surface area (Å²) in [5.41, 5.74) is -0.539. The summed E-state index contributed by atoms with van der Waals surface area (Å²) in [6, 6.07) is 11.0. The standard InChI is InChI=1S/C19H14ClF3N4O2/c1-11(28)26-14-4-2-13(3-5-14)25-10-12(9-24)18(29)27-15-6-7-17(20)16(8-15)19(21,22)23/h2-8,10,25H,1H3,(H,26,28)(H,27,29)/b12-10-. The monoisotopic (exact) mass is 422 g/mol. The van der Waals surface area contributed by atoms with Crippen molar-refractivity contribution in [2.45, 2.75) is 13.1 Å². The van der Waals surface area contributed by atoms with E-state index in [1.807, 2.05) is 0 Å². The molecular weight excluding hydrogens is 409 g/mol. The number of carbonyl (C=O) groups excluding carboxylic acids is 2. The van der Waals surface area contributed by atoms with Crippen molar-refractivity contribution in [3.8, 4) is 6.07 Å². The molecule has 0 spiro atoms. The third-order valence-corrected chi connectivity index (χ3v) is 3.81. The van der Waals surface area contributed by atoms with Gasteiger partial charge in [0.1, 0.15) is 11.6 Å². The van der Waals surface area contributed by atoms with Crippen LogP contribution in [0.25, 0.3) is 0 Å². The molecule has 29 heavy (non-hydrogen) atoms. The van der Waals surface area contributed by atoms with Crippen molar-refractivity contribution in [3.63, 3.8) is 0 Å². The zero-order chi connectivity index (χ0) is 21.6. The second kappa shape index (κ2) is 9.12. The van der Waals surface area contributed by atoms with E-state index in [4.69, 9.17) is 16.9 Å². The van der Waals surface area contributed by atoms with Gasteiger partial charge in [-0.2, -0.15) is 18.4 Å². The van der Waals surface area contributed by atoms with Gasteiger partial charge < -0.3 is 16.0 Å². The van der Waals surface area contributed by atoms with E-state index in [1.165, 1.54) is 13.0 Å². The number of halogens is 4. The van der Waals surface area contributed by atoms with Crippen LogP contribution in [0.5, 0.6) is 0 Å². The number of hydrogen-bond acceptors (Lipinski definition) is 4. The predicted molar refractivity (Wildman–Crippen MR) is 103 cm³/mol. The Bertz CT molecular complexity index is 996. The van der Waals surface area contributed by atoms with Crippen molar-refractivity contribution < 1.29 is 22.8 Å². The topological polar surface area (TPSA) is 94.0 Å². The van der Waals surface area contributed by atoms with E-state index in [0.29, 0.717) is 17.4 Å². The molecule has 0 heterocycles. The van der Waals surface area contributed by atoms with Gasteiger partial charge in [0.15, 0.2) is 0 Å². The molecule has 0 saturated carbocycles. The highest BCUT2D eigenvalue weighted by Gasteiger charge is 2.33. The first-order valence-electron chi connectivity index (χ1n) is 8.02. The Labute approximate surface area is 169 Å². The van der Waals surface area contributed by atoms with Crippen molar-refractivity contribution in [1.29, 1.82) is 5.26 Å². The molecule has 0 bridgehead atoms.